The number of amides is 3. The molecule has 1 N–H and O–H groups in total. The Bertz CT molecular complexity index is 497. The summed E-state index contributed by atoms with van der Waals surface area (Å²) in [5.41, 5.74) is -0.588. The zero-order valence-corrected chi connectivity index (χ0v) is 14.8. The molecule has 2 saturated heterocycles. The van der Waals surface area contributed by atoms with Crippen molar-refractivity contribution < 1.29 is 9.59 Å². The van der Waals surface area contributed by atoms with Crippen molar-refractivity contribution in [3.05, 3.63) is 0 Å². The molecule has 0 bridgehead atoms. The summed E-state index contributed by atoms with van der Waals surface area (Å²) in [6, 6.07) is 0.429. The topological polar surface area (TPSA) is 52.7 Å². The van der Waals surface area contributed by atoms with Crippen LogP contribution < -0.4 is 5.32 Å². The molecule has 2 saturated carbocycles. The SMILES string of the molecule is O=C1NC2(CCCCCC2)C(=O)N1CN1CCCC2CCCCC21. The Labute approximate surface area is 145 Å². The van der Waals surface area contributed by atoms with Gasteiger partial charge in [0, 0.05) is 12.6 Å². The van der Waals surface area contributed by atoms with E-state index in [4.69, 9.17) is 0 Å². The molecular formula is C19H31N3O2. The van der Waals surface area contributed by atoms with Gasteiger partial charge < -0.3 is 5.32 Å². The van der Waals surface area contributed by atoms with Crippen LogP contribution in [0.4, 0.5) is 4.79 Å². The largest absolute Gasteiger partial charge is 0.326 e. The molecular weight excluding hydrogens is 302 g/mol. The average Bonchev–Trinajstić information content (AvgIpc) is 2.76. The third kappa shape index (κ3) is 2.85. The Morgan fingerprint density at radius 3 is 2.42 bits per heavy atom. The van der Waals surface area contributed by atoms with Gasteiger partial charge in [0.05, 0.1) is 6.67 Å². The number of urea groups is 1. The van der Waals surface area contributed by atoms with Gasteiger partial charge in [-0.3, -0.25) is 9.69 Å². The molecule has 2 aliphatic carbocycles. The van der Waals surface area contributed by atoms with Crippen molar-refractivity contribution in [2.24, 2.45) is 5.92 Å². The number of imide groups is 1. The minimum atomic E-state index is -0.588. The van der Waals surface area contributed by atoms with Crippen molar-refractivity contribution in [2.45, 2.75) is 88.6 Å². The van der Waals surface area contributed by atoms with E-state index in [0.29, 0.717) is 12.7 Å². The lowest BCUT2D eigenvalue weighted by Crippen LogP contribution is -2.53. The van der Waals surface area contributed by atoms with Crippen molar-refractivity contribution >= 4 is 11.9 Å². The predicted molar refractivity (Wildman–Crippen MR) is 92.4 cm³/mol. The lowest BCUT2D eigenvalue weighted by Gasteiger charge is -2.45. The molecule has 2 atom stereocenters. The maximum Gasteiger partial charge on any atom is 0.326 e. The molecule has 4 aliphatic rings. The highest BCUT2D eigenvalue weighted by molar-refractivity contribution is 6.07. The van der Waals surface area contributed by atoms with Crippen LogP contribution in [-0.4, -0.2) is 46.5 Å². The Hall–Kier alpha value is -1.10. The normalized spacial score (nSPS) is 34.1. The summed E-state index contributed by atoms with van der Waals surface area (Å²) in [5.74, 6) is 0.826. The number of nitrogens with zero attached hydrogens (tertiary/aromatic N) is 2. The van der Waals surface area contributed by atoms with E-state index in [2.05, 4.69) is 10.2 Å². The third-order valence-corrected chi connectivity index (χ3v) is 6.88. The zero-order chi connectivity index (χ0) is 16.6. The molecule has 3 amide bonds. The molecule has 0 aromatic heterocycles. The van der Waals surface area contributed by atoms with Crippen molar-refractivity contribution in [2.75, 3.05) is 13.2 Å². The van der Waals surface area contributed by atoms with Crippen LogP contribution in [0.1, 0.15) is 77.0 Å². The van der Waals surface area contributed by atoms with E-state index in [-0.39, 0.29) is 11.9 Å². The number of nitrogens with one attached hydrogen (secondary N) is 1. The first kappa shape index (κ1) is 16.4. The van der Waals surface area contributed by atoms with Crippen molar-refractivity contribution in [3.63, 3.8) is 0 Å². The molecule has 5 heteroatoms. The minimum Gasteiger partial charge on any atom is -0.323 e. The summed E-state index contributed by atoms with van der Waals surface area (Å²) in [7, 11) is 0. The van der Waals surface area contributed by atoms with E-state index in [1.807, 2.05) is 0 Å². The number of hydrogen-bond acceptors (Lipinski definition) is 3. The van der Waals surface area contributed by atoms with E-state index in [1.54, 1.807) is 0 Å². The van der Waals surface area contributed by atoms with Crippen LogP contribution in [0.2, 0.25) is 0 Å². The Morgan fingerprint density at radius 2 is 1.62 bits per heavy atom. The second-order valence-electron chi connectivity index (χ2n) is 8.37. The molecule has 0 aromatic carbocycles. The summed E-state index contributed by atoms with van der Waals surface area (Å²) < 4.78 is 0. The zero-order valence-electron chi connectivity index (χ0n) is 14.8. The number of hydrogen-bond donors (Lipinski definition) is 1. The van der Waals surface area contributed by atoms with Crippen molar-refractivity contribution in [1.29, 1.82) is 0 Å². The molecule has 1 spiro atoms. The Balaban J connectivity index is 1.47. The second kappa shape index (κ2) is 6.66. The molecule has 134 valence electrons. The number of piperidine rings is 1. The number of fused-ring (bicyclic) bond motifs is 1. The summed E-state index contributed by atoms with van der Waals surface area (Å²) in [6.45, 7) is 1.54. The fourth-order valence-electron chi connectivity index (χ4n) is 5.56. The summed E-state index contributed by atoms with van der Waals surface area (Å²) in [5, 5.41) is 3.08. The van der Waals surface area contributed by atoms with Crippen LogP contribution >= 0.6 is 0 Å². The van der Waals surface area contributed by atoms with Gasteiger partial charge in [-0.15, -0.1) is 0 Å². The molecule has 0 radical (unpaired) electrons. The first-order chi connectivity index (χ1) is 11.7. The summed E-state index contributed by atoms with van der Waals surface area (Å²) in [4.78, 5) is 29.6. The van der Waals surface area contributed by atoms with Gasteiger partial charge in [-0.1, -0.05) is 38.5 Å². The van der Waals surface area contributed by atoms with E-state index >= 15 is 0 Å². The average molecular weight is 333 g/mol. The number of likely N-dealkylation sites (tertiary alicyclic amines) is 1. The lowest BCUT2D eigenvalue weighted by molar-refractivity contribution is -0.134. The van der Waals surface area contributed by atoms with Gasteiger partial charge in [-0.25, -0.2) is 9.69 Å². The maximum atomic E-state index is 13.1. The van der Waals surface area contributed by atoms with Crippen molar-refractivity contribution in [1.82, 2.24) is 15.1 Å². The fraction of sp³-hybridized carbons (Fsp3) is 0.895. The highest BCUT2D eigenvalue weighted by atomic mass is 16.2. The first-order valence-corrected chi connectivity index (χ1v) is 10.1. The predicted octanol–water partition coefficient (Wildman–Crippen LogP) is 3.24. The van der Waals surface area contributed by atoms with Crippen LogP contribution in [0, 0.1) is 5.92 Å². The molecule has 2 heterocycles. The molecule has 4 fully saturated rings. The third-order valence-electron chi connectivity index (χ3n) is 6.88. The van der Waals surface area contributed by atoms with Crippen LogP contribution in [0.5, 0.6) is 0 Å². The fourth-order valence-corrected chi connectivity index (χ4v) is 5.56. The first-order valence-electron chi connectivity index (χ1n) is 10.1. The van der Waals surface area contributed by atoms with Crippen LogP contribution in [0.15, 0.2) is 0 Å². The van der Waals surface area contributed by atoms with Gasteiger partial charge in [0.2, 0.25) is 0 Å². The summed E-state index contributed by atoms with van der Waals surface area (Å²) >= 11 is 0. The van der Waals surface area contributed by atoms with Crippen molar-refractivity contribution in [3.8, 4) is 0 Å². The standard InChI is InChI=1S/C19H31N3O2/c23-17-19(11-5-1-2-6-12-19)20-18(24)22(17)14-21-13-7-9-15-8-3-4-10-16(15)21/h15-16H,1-14H2,(H,20,24). The molecule has 0 aromatic rings. The van der Waals surface area contributed by atoms with Crippen LogP contribution in [0.25, 0.3) is 0 Å². The van der Waals surface area contributed by atoms with Gasteiger partial charge in [0.1, 0.15) is 5.54 Å². The number of rotatable bonds is 2. The second-order valence-corrected chi connectivity index (χ2v) is 8.37. The molecule has 2 aliphatic heterocycles. The van der Waals surface area contributed by atoms with E-state index in [1.165, 1.54) is 56.3 Å². The Kier molecular flexibility index (Phi) is 4.54. The maximum absolute atomic E-state index is 13.1. The number of carbonyl (C=O) groups excluding carboxylic acids is 2. The monoisotopic (exact) mass is 333 g/mol. The van der Waals surface area contributed by atoms with E-state index < -0.39 is 5.54 Å². The van der Waals surface area contributed by atoms with Gasteiger partial charge in [0.25, 0.3) is 5.91 Å². The lowest BCUT2D eigenvalue weighted by atomic mass is 9.78. The van der Waals surface area contributed by atoms with Gasteiger partial charge in [-0.2, -0.15) is 0 Å². The van der Waals surface area contributed by atoms with Crippen LogP contribution in [0.3, 0.4) is 0 Å². The quantitative estimate of drug-likeness (QED) is 0.789. The highest BCUT2D eigenvalue weighted by Gasteiger charge is 2.51. The van der Waals surface area contributed by atoms with E-state index in [0.717, 1.165) is 38.1 Å². The number of carbonyl (C=O) groups is 2. The molecule has 5 nitrogen and oxygen atoms in total. The summed E-state index contributed by atoms with van der Waals surface area (Å²) in [6.07, 6.45) is 13.8. The smallest absolute Gasteiger partial charge is 0.323 e. The van der Waals surface area contributed by atoms with Crippen LogP contribution in [-0.2, 0) is 4.79 Å². The molecule has 24 heavy (non-hydrogen) atoms. The molecule has 2 unspecified atom stereocenters. The van der Waals surface area contributed by atoms with Gasteiger partial charge in [0.15, 0.2) is 0 Å². The Morgan fingerprint density at radius 1 is 0.917 bits per heavy atom. The molecule has 4 rings (SSSR count). The highest BCUT2D eigenvalue weighted by Crippen LogP contribution is 2.37. The van der Waals surface area contributed by atoms with Gasteiger partial charge in [-0.05, 0) is 44.4 Å². The minimum absolute atomic E-state index is 0.0485. The van der Waals surface area contributed by atoms with Gasteiger partial charge >= 0.3 is 6.03 Å². The van der Waals surface area contributed by atoms with E-state index in [9.17, 15) is 9.59 Å².